The first-order chi connectivity index (χ1) is 8.81. The molecule has 1 aliphatic rings. The molecule has 3 rings (SSSR count). The quantitative estimate of drug-likeness (QED) is 0.874. The van der Waals surface area contributed by atoms with E-state index in [0.717, 1.165) is 43.9 Å². The molecule has 18 heavy (non-hydrogen) atoms. The summed E-state index contributed by atoms with van der Waals surface area (Å²) in [5.41, 5.74) is 7.96. The predicted octanol–water partition coefficient (Wildman–Crippen LogP) is 1.86. The predicted molar refractivity (Wildman–Crippen MR) is 70.0 cm³/mol. The maximum atomic E-state index is 5.58. The lowest BCUT2D eigenvalue weighted by molar-refractivity contribution is 0.274. The Kier molecular flexibility index (Phi) is 3.02. The van der Waals surface area contributed by atoms with Crippen LogP contribution in [0.3, 0.4) is 0 Å². The Morgan fingerprint density at radius 2 is 1.94 bits per heavy atom. The highest BCUT2D eigenvalue weighted by Crippen LogP contribution is 2.19. The average molecular weight is 243 g/mol. The number of oxazole rings is 1. The maximum Gasteiger partial charge on any atom is 0.292 e. The Bertz CT molecular complexity index is 496. The van der Waals surface area contributed by atoms with Gasteiger partial charge < -0.3 is 10.2 Å². The van der Waals surface area contributed by atoms with Crippen molar-refractivity contribution in [2.75, 3.05) is 18.8 Å². The maximum absolute atomic E-state index is 5.58. The van der Waals surface area contributed by atoms with E-state index in [1.807, 2.05) is 6.07 Å². The van der Waals surface area contributed by atoms with Gasteiger partial charge in [-0.25, -0.2) is 0 Å². The van der Waals surface area contributed by atoms with Crippen molar-refractivity contribution in [1.82, 2.24) is 9.88 Å². The molecule has 2 N–H and O–H groups in total. The second kappa shape index (κ2) is 4.82. The van der Waals surface area contributed by atoms with E-state index in [1.165, 1.54) is 5.56 Å². The second-order valence-electron chi connectivity index (χ2n) is 4.68. The highest BCUT2D eigenvalue weighted by Gasteiger charge is 2.18. The van der Waals surface area contributed by atoms with Gasteiger partial charge in [0.25, 0.3) is 6.01 Å². The van der Waals surface area contributed by atoms with Gasteiger partial charge in [0.1, 0.15) is 5.76 Å². The average Bonchev–Trinajstić information content (AvgIpc) is 2.65. The summed E-state index contributed by atoms with van der Waals surface area (Å²) in [5, 5.41) is 0. The lowest BCUT2D eigenvalue weighted by Gasteiger charge is -2.19. The standard InChI is InChI=1S/C14H17N3O/c15-14-16-12-6-8-17(9-7-13(12)18-14)10-11-4-2-1-3-5-11/h1-5H,6-10H2,(H2,15,16). The summed E-state index contributed by atoms with van der Waals surface area (Å²) in [6.45, 7) is 2.99. The van der Waals surface area contributed by atoms with Crippen LogP contribution in [0, 0.1) is 0 Å². The van der Waals surface area contributed by atoms with Gasteiger partial charge in [-0.05, 0) is 5.56 Å². The van der Waals surface area contributed by atoms with Crippen LogP contribution in [0.25, 0.3) is 0 Å². The fourth-order valence-corrected chi connectivity index (χ4v) is 2.43. The first-order valence-electron chi connectivity index (χ1n) is 6.31. The third-order valence-electron chi connectivity index (χ3n) is 3.36. The molecular weight excluding hydrogens is 226 g/mol. The van der Waals surface area contributed by atoms with Gasteiger partial charge in [0.2, 0.25) is 0 Å². The lowest BCUT2D eigenvalue weighted by atomic mass is 10.2. The Morgan fingerprint density at radius 1 is 1.17 bits per heavy atom. The van der Waals surface area contributed by atoms with Gasteiger partial charge in [0.05, 0.1) is 5.69 Å². The molecular formula is C14H17N3O. The summed E-state index contributed by atoms with van der Waals surface area (Å²) in [5.74, 6) is 0.961. The molecule has 2 heterocycles. The van der Waals surface area contributed by atoms with E-state index >= 15 is 0 Å². The molecule has 1 aliphatic heterocycles. The second-order valence-corrected chi connectivity index (χ2v) is 4.68. The molecule has 0 unspecified atom stereocenters. The van der Waals surface area contributed by atoms with Gasteiger partial charge in [0, 0.05) is 32.5 Å². The zero-order chi connectivity index (χ0) is 12.4. The minimum Gasteiger partial charge on any atom is -0.429 e. The number of hydrogen-bond acceptors (Lipinski definition) is 4. The van der Waals surface area contributed by atoms with Gasteiger partial charge in [-0.15, -0.1) is 0 Å². The van der Waals surface area contributed by atoms with E-state index in [-0.39, 0.29) is 0 Å². The third-order valence-corrected chi connectivity index (χ3v) is 3.36. The number of rotatable bonds is 2. The Morgan fingerprint density at radius 3 is 2.78 bits per heavy atom. The van der Waals surface area contributed by atoms with E-state index < -0.39 is 0 Å². The number of nitrogens with zero attached hydrogens (tertiary/aromatic N) is 2. The number of benzene rings is 1. The van der Waals surface area contributed by atoms with Crippen molar-refractivity contribution in [2.24, 2.45) is 0 Å². The molecule has 0 radical (unpaired) electrons. The number of aromatic nitrogens is 1. The zero-order valence-electron chi connectivity index (χ0n) is 10.3. The van der Waals surface area contributed by atoms with E-state index in [2.05, 4.69) is 34.1 Å². The zero-order valence-corrected chi connectivity index (χ0v) is 10.3. The molecule has 4 heteroatoms. The molecule has 0 bridgehead atoms. The summed E-state index contributed by atoms with van der Waals surface area (Å²) in [6.07, 6.45) is 1.81. The third kappa shape index (κ3) is 2.38. The fourth-order valence-electron chi connectivity index (χ4n) is 2.43. The van der Waals surface area contributed by atoms with Gasteiger partial charge >= 0.3 is 0 Å². The fraction of sp³-hybridized carbons (Fsp3) is 0.357. The van der Waals surface area contributed by atoms with Crippen molar-refractivity contribution in [3.05, 3.63) is 47.3 Å². The topological polar surface area (TPSA) is 55.3 Å². The van der Waals surface area contributed by atoms with Crippen LogP contribution in [-0.4, -0.2) is 23.0 Å². The van der Waals surface area contributed by atoms with Crippen molar-refractivity contribution < 1.29 is 4.42 Å². The molecule has 0 saturated heterocycles. The molecule has 0 fully saturated rings. The van der Waals surface area contributed by atoms with Crippen molar-refractivity contribution >= 4 is 6.01 Å². The van der Waals surface area contributed by atoms with E-state index in [9.17, 15) is 0 Å². The molecule has 1 aromatic carbocycles. The molecule has 0 spiro atoms. The van der Waals surface area contributed by atoms with Crippen molar-refractivity contribution in [2.45, 2.75) is 19.4 Å². The summed E-state index contributed by atoms with van der Waals surface area (Å²) >= 11 is 0. The van der Waals surface area contributed by atoms with Gasteiger partial charge in [0.15, 0.2) is 0 Å². The number of fused-ring (bicyclic) bond motifs is 1. The minimum absolute atomic E-state index is 0.302. The highest BCUT2D eigenvalue weighted by atomic mass is 16.4. The molecule has 94 valence electrons. The van der Waals surface area contributed by atoms with Crippen LogP contribution >= 0.6 is 0 Å². The van der Waals surface area contributed by atoms with Crippen LogP contribution < -0.4 is 5.73 Å². The van der Waals surface area contributed by atoms with E-state index in [1.54, 1.807) is 0 Å². The number of hydrogen-bond donors (Lipinski definition) is 1. The van der Waals surface area contributed by atoms with Gasteiger partial charge in [-0.1, -0.05) is 30.3 Å². The highest BCUT2D eigenvalue weighted by molar-refractivity contribution is 5.22. The van der Waals surface area contributed by atoms with Crippen LogP contribution in [0.15, 0.2) is 34.7 Å². The van der Waals surface area contributed by atoms with Crippen LogP contribution in [0.1, 0.15) is 17.0 Å². The first kappa shape index (κ1) is 11.3. The monoisotopic (exact) mass is 243 g/mol. The van der Waals surface area contributed by atoms with Crippen molar-refractivity contribution in [3.63, 3.8) is 0 Å². The van der Waals surface area contributed by atoms with Gasteiger partial charge in [-0.2, -0.15) is 4.98 Å². The Balaban J connectivity index is 1.66. The Labute approximate surface area is 106 Å². The largest absolute Gasteiger partial charge is 0.429 e. The molecule has 0 amide bonds. The number of anilines is 1. The summed E-state index contributed by atoms with van der Waals surface area (Å²) in [6, 6.07) is 10.8. The van der Waals surface area contributed by atoms with Crippen LogP contribution in [-0.2, 0) is 19.4 Å². The summed E-state index contributed by atoms with van der Waals surface area (Å²) < 4.78 is 5.42. The first-order valence-corrected chi connectivity index (χ1v) is 6.31. The lowest BCUT2D eigenvalue weighted by Crippen LogP contribution is -2.26. The van der Waals surface area contributed by atoms with Crippen LogP contribution in [0.4, 0.5) is 6.01 Å². The van der Waals surface area contributed by atoms with Crippen molar-refractivity contribution in [3.8, 4) is 0 Å². The Hall–Kier alpha value is -1.81. The van der Waals surface area contributed by atoms with Crippen LogP contribution in [0.2, 0.25) is 0 Å². The summed E-state index contributed by atoms with van der Waals surface area (Å²) in [7, 11) is 0. The minimum atomic E-state index is 0.302. The molecule has 0 aliphatic carbocycles. The van der Waals surface area contributed by atoms with E-state index in [4.69, 9.17) is 10.2 Å². The van der Waals surface area contributed by atoms with Crippen molar-refractivity contribution in [1.29, 1.82) is 0 Å². The number of nitrogens with two attached hydrogens (primary N) is 1. The smallest absolute Gasteiger partial charge is 0.292 e. The molecule has 0 saturated carbocycles. The molecule has 4 nitrogen and oxygen atoms in total. The molecule has 1 aromatic heterocycles. The number of nitrogen functional groups attached to an aromatic ring is 1. The normalized spacial score (nSPS) is 16.2. The summed E-state index contributed by atoms with van der Waals surface area (Å²) in [4.78, 5) is 6.67. The van der Waals surface area contributed by atoms with Gasteiger partial charge in [-0.3, -0.25) is 4.90 Å². The molecule has 2 aromatic rings. The van der Waals surface area contributed by atoms with E-state index in [0.29, 0.717) is 6.01 Å². The van der Waals surface area contributed by atoms with Crippen LogP contribution in [0.5, 0.6) is 0 Å². The SMILES string of the molecule is Nc1nc2c(o1)CCN(Cc1ccccc1)CC2. The molecule has 0 atom stereocenters.